The van der Waals surface area contributed by atoms with Crippen molar-refractivity contribution in [2.24, 2.45) is 0 Å². The molecule has 4 rings (SSSR count). The smallest absolute Gasteiger partial charge is 0.317 e. The third-order valence-corrected chi connectivity index (χ3v) is 5.46. The minimum Gasteiger partial charge on any atom is -0.374 e. The number of hydrogen-bond acceptors (Lipinski definition) is 3. The monoisotopic (exact) mass is 365 g/mol. The fourth-order valence-electron chi connectivity index (χ4n) is 3.94. The van der Waals surface area contributed by atoms with Crippen molar-refractivity contribution in [1.82, 2.24) is 10.2 Å². The van der Waals surface area contributed by atoms with Crippen molar-refractivity contribution in [2.45, 2.75) is 25.5 Å². The molecule has 1 saturated heterocycles. The van der Waals surface area contributed by atoms with E-state index in [0.717, 1.165) is 24.1 Å². The van der Waals surface area contributed by atoms with E-state index in [1.165, 1.54) is 17.7 Å². The zero-order chi connectivity index (χ0) is 18.6. The lowest BCUT2D eigenvalue weighted by atomic mass is 9.99. The van der Waals surface area contributed by atoms with Crippen LogP contribution in [-0.4, -0.2) is 44.2 Å². The van der Waals surface area contributed by atoms with E-state index < -0.39 is 0 Å². The number of aryl methyl sites for hydroxylation is 1. The summed E-state index contributed by atoms with van der Waals surface area (Å²) in [6, 6.07) is 16.6. The predicted molar refractivity (Wildman–Crippen MR) is 107 cm³/mol. The molecule has 0 spiro atoms. The highest BCUT2D eigenvalue weighted by Gasteiger charge is 2.25. The second-order valence-electron chi connectivity index (χ2n) is 7.36. The fourth-order valence-corrected chi connectivity index (χ4v) is 3.94. The van der Waals surface area contributed by atoms with Crippen LogP contribution in [0.15, 0.2) is 48.5 Å². The molecule has 27 heavy (non-hydrogen) atoms. The van der Waals surface area contributed by atoms with Gasteiger partial charge in [0.1, 0.15) is 6.10 Å². The van der Waals surface area contributed by atoms with Gasteiger partial charge in [0.2, 0.25) is 0 Å². The van der Waals surface area contributed by atoms with E-state index in [4.69, 9.17) is 4.74 Å². The molecule has 0 unspecified atom stereocenters. The number of carbonyl (C=O) groups is 1. The molecule has 5 nitrogen and oxygen atoms in total. The average molecular weight is 365 g/mol. The van der Waals surface area contributed by atoms with E-state index in [1.54, 1.807) is 0 Å². The molecule has 5 heteroatoms. The number of carbonyl (C=O) groups excluding carboxylic acids is 1. The fraction of sp³-hybridized carbons (Fsp3) is 0.409. The Bertz CT molecular complexity index is 793. The SMILES string of the molecule is CN1CCCc2cc(CNC(=O)N3CCO[C@H](c4ccccc4)C3)ccc21. The summed E-state index contributed by atoms with van der Waals surface area (Å²) in [4.78, 5) is 16.8. The maximum Gasteiger partial charge on any atom is 0.317 e. The maximum absolute atomic E-state index is 12.6. The molecule has 0 bridgehead atoms. The molecule has 1 atom stereocenters. The van der Waals surface area contributed by atoms with Crippen molar-refractivity contribution in [2.75, 3.05) is 38.2 Å². The van der Waals surface area contributed by atoms with Crippen molar-refractivity contribution >= 4 is 11.7 Å². The summed E-state index contributed by atoms with van der Waals surface area (Å²) in [5.74, 6) is 0. The van der Waals surface area contributed by atoms with E-state index in [0.29, 0.717) is 26.2 Å². The van der Waals surface area contributed by atoms with Gasteiger partial charge < -0.3 is 19.9 Å². The molecule has 2 aromatic carbocycles. The van der Waals surface area contributed by atoms with Gasteiger partial charge in [-0.3, -0.25) is 0 Å². The summed E-state index contributed by atoms with van der Waals surface area (Å²) in [5.41, 5.74) is 4.97. The van der Waals surface area contributed by atoms with Gasteiger partial charge >= 0.3 is 6.03 Å². The van der Waals surface area contributed by atoms with Crippen LogP contribution < -0.4 is 10.2 Å². The van der Waals surface area contributed by atoms with Crippen molar-refractivity contribution in [3.05, 3.63) is 65.2 Å². The number of nitrogens with zero attached hydrogens (tertiary/aromatic N) is 2. The molecule has 0 aliphatic carbocycles. The van der Waals surface area contributed by atoms with Crippen LogP contribution in [0.5, 0.6) is 0 Å². The Balaban J connectivity index is 1.35. The number of morpholine rings is 1. The molecule has 1 N–H and O–H groups in total. The number of benzene rings is 2. The van der Waals surface area contributed by atoms with Gasteiger partial charge in [-0.1, -0.05) is 42.5 Å². The molecule has 0 radical (unpaired) electrons. The predicted octanol–water partition coefficient (Wildman–Crippen LogP) is 3.35. The minimum atomic E-state index is -0.0509. The van der Waals surface area contributed by atoms with Gasteiger partial charge in [0, 0.05) is 32.4 Å². The molecule has 0 saturated carbocycles. The van der Waals surface area contributed by atoms with E-state index in [9.17, 15) is 4.79 Å². The van der Waals surface area contributed by atoms with Crippen LogP contribution in [-0.2, 0) is 17.7 Å². The van der Waals surface area contributed by atoms with Gasteiger partial charge in [0.25, 0.3) is 0 Å². The molecule has 2 heterocycles. The van der Waals surface area contributed by atoms with Crippen molar-refractivity contribution in [1.29, 1.82) is 0 Å². The largest absolute Gasteiger partial charge is 0.374 e. The number of anilines is 1. The third kappa shape index (κ3) is 4.08. The van der Waals surface area contributed by atoms with Crippen molar-refractivity contribution in [3.8, 4) is 0 Å². The minimum absolute atomic E-state index is 0.0194. The highest BCUT2D eigenvalue weighted by molar-refractivity contribution is 5.74. The number of urea groups is 1. The van der Waals surface area contributed by atoms with E-state index in [-0.39, 0.29) is 12.1 Å². The average Bonchev–Trinajstić information content (AvgIpc) is 2.73. The highest BCUT2D eigenvalue weighted by Crippen LogP contribution is 2.27. The summed E-state index contributed by atoms with van der Waals surface area (Å²) >= 11 is 0. The first-order valence-electron chi connectivity index (χ1n) is 9.73. The van der Waals surface area contributed by atoms with Gasteiger partial charge in [0.15, 0.2) is 0 Å². The molecule has 1 fully saturated rings. The van der Waals surface area contributed by atoms with E-state index in [2.05, 4.69) is 47.6 Å². The van der Waals surface area contributed by atoms with Crippen molar-refractivity contribution in [3.63, 3.8) is 0 Å². The van der Waals surface area contributed by atoms with Gasteiger partial charge in [-0.05, 0) is 35.6 Å². The van der Waals surface area contributed by atoms with Crippen molar-refractivity contribution < 1.29 is 9.53 Å². The number of ether oxygens (including phenoxy) is 1. The maximum atomic E-state index is 12.6. The molecular formula is C22H27N3O2. The number of nitrogens with one attached hydrogen (secondary N) is 1. The van der Waals surface area contributed by atoms with Crippen LogP contribution in [0, 0.1) is 0 Å². The molecular weight excluding hydrogens is 338 g/mol. The summed E-state index contributed by atoms with van der Waals surface area (Å²) in [6.07, 6.45) is 2.25. The summed E-state index contributed by atoms with van der Waals surface area (Å²) in [7, 11) is 2.14. The van der Waals surface area contributed by atoms with E-state index >= 15 is 0 Å². The topological polar surface area (TPSA) is 44.8 Å². The first kappa shape index (κ1) is 17.9. The zero-order valence-corrected chi connectivity index (χ0v) is 15.9. The molecule has 2 aliphatic heterocycles. The van der Waals surface area contributed by atoms with Gasteiger partial charge in [-0.15, -0.1) is 0 Å². The first-order chi connectivity index (χ1) is 13.2. The number of rotatable bonds is 3. The lowest BCUT2D eigenvalue weighted by Gasteiger charge is -2.33. The summed E-state index contributed by atoms with van der Waals surface area (Å²) < 4.78 is 5.85. The zero-order valence-electron chi connectivity index (χ0n) is 15.9. The Labute approximate surface area is 160 Å². The number of fused-ring (bicyclic) bond motifs is 1. The van der Waals surface area contributed by atoms with Crippen LogP contribution in [0.2, 0.25) is 0 Å². The Morgan fingerprint density at radius 3 is 2.89 bits per heavy atom. The lowest BCUT2D eigenvalue weighted by molar-refractivity contribution is -0.0154. The van der Waals surface area contributed by atoms with Crippen LogP contribution in [0.4, 0.5) is 10.5 Å². The normalized spacial score (nSPS) is 19.5. The van der Waals surface area contributed by atoms with Crippen LogP contribution in [0.3, 0.4) is 0 Å². The van der Waals surface area contributed by atoms with Gasteiger partial charge in [0.05, 0.1) is 13.2 Å². The Kier molecular flexibility index (Phi) is 5.30. The summed E-state index contributed by atoms with van der Waals surface area (Å²) in [5, 5.41) is 3.08. The molecule has 2 amide bonds. The standard InChI is InChI=1S/C22H27N3O2/c1-24-11-5-8-19-14-17(9-10-20(19)24)15-23-22(26)25-12-13-27-21(16-25)18-6-3-2-4-7-18/h2-4,6-7,9-10,14,21H,5,8,11-13,15-16H2,1H3,(H,23,26)/t21-/m0/s1. The number of amides is 2. The third-order valence-electron chi connectivity index (χ3n) is 5.46. The summed E-state index contributed by atoms with van der Waals surface area (Å²) in [6.45, 7) is 3.46. The van der Waals surface area contributed by atoms with Crippen LogP contribution in [0.25, 0.3) is 0 Å². The Hall–Kier alpha value is -2.53. The highest BCUT2D eigenvalue weighted by atomic mass is 16.5. The Morgan fingerprint density at radius 1 is 1.19 bits per heavy atom. The molecule has 0 aromatic heterocycles. The Morgan fingerprint density at radius 2 is 2.04 bits per heavy atom. The van der Waals surface area contributed by atoms with Gasteiger partial charge in [-0.25, -0.2) is 4.79 Å². The molecule has 2 aromatic rings. The number of hydrogen-bond donors (Lipinski definition) is 1. The van der Waals surface area contributed by atoms with Crippen LogP contribution in [0.1, 0.15) is 29.2 Å². The molecule has 2 aliphatic rings. The lowest BCUT2D eigenvalue weighted by Crippen LogP contribution is -2.46. The first-order valence-corrected chi connectivity index (χ1v) is 9.73. The molecule has 142 valence electrons. The second kappa shape index (κ2) is 8.01. The quantitative estimate of drug-likeness (QED) is 0.907. The van der Waals surface area contributed by atoms with Gasteiger partial charge in [-0.2, -0.15) is 0 Å². The van der Waals surface area contributed by atoms with E-state index in [1.807, 2.05) is 23.1 Å². The van der Waals surface area contributed by atoms with Crippen LogP contribution >= 0.6 is 0 Å². The second-order valence-corrected chi connectivity index (χ2v) is 7.36.